The van der Waals surface area contributed by atoms with Crippen LogP contribution in [0, 0.1) is 0 Å². The van der Waals surface area contributed by atoms with Crippen molar-refractivity contribution in [3.8, 4) is 0 Å². The minimum absolute atomic E-state index is 0.0741. The molecule has 0 radical (unpaired) electrons. The van der Waals surface area contributed by atoms with Gasteiger partial charge in [-0.2, -0.15) is 0 Å². The number of hydrogen-bond acceptors (Lipinski definition) is 4. The van der Waals surface area contributed by atoms with Crippen molar-refractivity contribution in [3.05, 3.63) is 65.7 Å². The van der Waals surface area contributed by atoms with E-state index < -0.39 is 11.7 Å². The molecule has 7 nitrogen and oxygen atoms in total. The van der Waals surface area contributed by atoms with E-state index in [4.69, 9.17) is 4.74 Å². The first-order valence-corrected chi connectivity index (χ1v) is 11.4. The van der Waals surface area contributed by atoms with Crippen molar-refractivity contribution < 1.29 is 19.1 Å². The van der Waals surface area contributed by atoms with Crippen LogP contribution in [0.4, 0.5) is 10.5 Å². The fourth-order valence-electron chi connectivity index (χ4n) is 3.71. The summed E-state index contributed by atoms with van der Waals surface area (Å²) in [4.78, 5) is 40.9. The number of benzene rings is 2. The normalized spacial score (nSPS) is 14.0. The molecule has 0 atom stereocenters. The predicted molar refractivity (Wildman–Crippen MR) is 128 cm³/mol. The molecule has 2 aromatic rings. The lowest BCUT2D eigenvalue weighted by atomic mass is 10.1. The smallest absolute Gasteiger partial charge is 0.412 e. The van der Waals surface area contributed by atoms with Gasteiger partial charge in [0.1, 0.15) is 5.60 Å². The second-order valence-electron chi connectivity index (χ2n) is 9.22. The maximum Gasteiger partial charge on any atom is 0.412 e. The van der Waals surface area contributed by atoms with Crippen LogP contribution in [0.25, 0.3) is 0 Å². The van der Waals surface area contributed by atoms with E-state index in [-0.39, 0.29) is 11.8 Å². The highest BCUT2D eigenvalue weighted by Crippen LogP contribution is 2.16. The molecule has 1 aliphatic heterocycles. The molecule has 1 N–H and O–H groups in total. The van der Waals surface area contributed by atoms with Gasteiger partial charge < -0.3 is 14.5 Å². The van der Waals surface area contributed by atoms with E-state index in [1.54, 1.807) is 49.9 Å². The molecule has 1 heterocycles. The van der Waals surface area contributed by atoms with Crippen LogP contribution < -0.4 is 5.32 Å². The Morgan fingerprint density at radius 3 is 2.09 bits per heavy atom. The second kappa shape index (κ2) is 11.0. The van der Waals surface area contributed by atoms with E-state index in [0.29, 0.717) is 43.9 Å². The van der Waals surface area contributed by atoms with Gasteiger partial charge in [-0.3, -0.25) is 14.9 Å². The first-order valence-electron chi connectivity index (χ1n) is 11.4. The summed E-state index contributed by atoms with van der Waals surface area (Å²) in [5.74, 6) is 0.0746. The molecule has 0 spiro atoms. The Morgan fingerprint density at radius 1 is 0.879 bits per heavy atom. The third kappa shape index (κ3) is 7.63. The van der Waals surface area contributed by atoms with Crippen LogP contribution in [-0.4, -0.2) is 59.5 Å². The molecule has 0 bridgehead atoms. The summed E-state index contributed by atoms with van der Waals surface area (Å²) in [6.07, 6.45) is 1.70. The first kappa shape index (κ1) is 24.3. The molecule has 1 saturated heterocycles. The van der Waals surface area contributed by atoms with Crippen molar-refractivity contribution in [2.45, 2.75) is 45.6 Å². The fraction of sp³-hybridized carbons (Fsp3) is 0.423. The van der Waals surface area contributed by atoms with Crippen LogP contribution in [0.3, 0.4) is 0 Å². The molecule has 3 amide bonds. The van der Waals surface area contributed by atoms with Gasteiger partial charge in [-0.15, -0.1) is 0 Å². The third-order valence-corrected chi connectivity index (χ3v) is 5.40. The molecule has 1 aliphatic rings. The van der Waals surface area contributed by atoms with E-state index in [2.05, 4.69) is 17.4 Å². The van der Waals surface area contributed by atoms with Gasteiger partial charge in [0.2, 0.25) is 5.91 Å². The van der Waals surface area contributed by atoms with E-state index in [1.807, 2.05) is 23.1 Å². The van der Waals surface area contributed by atoms with E-state index in [1.165, 1.54) is 5.56 Å². The number of carbonyl (C=O) groups is 3. The van der Waals surface area contributed by atoms with Gasteiger partial charge in [0.05, 0.1) is 0 Å². The molecular weight excluding hydrogens is 418 g/mol. The topological polar surface area (TPSA) is 79.0 Å². The van der Waals surface area contributed by atoms with Crippen LogP contribution in [-0.2, 0) is 16.0 Å². The number of aryl methyl sites for hydroxylation is 1. The quantitative estimate of drug-likeness (QED) is 0.709. The van der Waals surface area contributed by atoms with Crippen molar-refractivity contribution in [3.63, 3.8) is 0 Å². The molecule has 33 heavy (non-hydrogen) atoms. The zero-order chi connectivity index (χ0) is 23.8. The van der Waals surface area contributed by atoms with Crippen molar-refractivity contribution in [1.82, 2.24) is 9.80 Å². The number of ether oxygens (including phenoxy) is 1. The Hall–Kier alpha value is -3.35. The lowest BCUT2D eigenvalue weighted by Crippen LogP contribution is -2.50. The van der Waals surface area contributed by atoms with E-state index in [9.17, 15) is 14.4 Å². The number of nitrogens with zero attached hydrogens (tertiary/aromatic N) is 2. The number of amides is 3. The van der Waals surface area contributed by atoms with Crippen molar-refractivity contribution in [1.29, 1.82) is 0 Å². The summed E-state index contributed by atoms with van der Waals surface area (Å²) >= 11 is 0. The Morgan fingerprint density at radius 2 is 1.48 bits per heavy atom. The SMILES string of the molecule is CC(C)(C)OC(=O)Nc1ccc(C(=O)N2CCN(C(=O)CCCc3ccccc3)CC2)cc1. The van der Waals surface area contributed by atoms with Crippen LogP contribution in [0.1, 0.15) is 49.5 Å². The first-order chi connectivity index (χ1) is 15.7. The molecular formula is C26H33N3O4. The molecule has 176 valence electrons. The molecule has 0 aliphatic carbocycles. The van der Waals surface area contributed by atoms with Crippen LogP contribution in [0.5, 0.6) is 0 Å². The number of anilines is 1. The van der Waals surface area contributed by atoms with Gasteiger partial charge in [0.15, 0.2) is 0 Å². The number of hydrogen-bond donors (Lipinski definition) is 1. The van der Waals surface area contributed by atoms with Gasteiger partial charge in [0.25, 0.3) is 5.91 Å². The Bertz CT molecular complexity index is 944. The minimum atomic E-state index is -0.578. The fourth-order valence-corrected chi connectivity index (χ4v) is 3.71. The zero-order valence-corrected chi connectivity index (χ0v) is 19.7. The maximum atomic E-state index is 12.8. The van der Waals surface area contributed by atoms with Crippen molar-refractivity contribution in [2.24, 2.45) is 0 Å². The number of piperazine rings is 1. The summed E-state index contributed by atoms with van der Waals surface area (Å²) in [6.45, 7) is 7.52. The lowest BCUT2D eigenvalue weighted by Gasteiger charge is -2.35. The van der Waals surface area contributed by atoms with Crippen molar-refractivity contribution >= 4 is 23.6 Å². The summed E-state index contributed by atoms with van der Waals surface area (Å²) in [5.41, 5.74) is 1.78. The average molecular weight is 452 g/mol. The Labute approximate surface area is 195 Å². The monoisotopic (exact) mass is 451 g/mol. The van der Waals surface area contributed by atoms with E-state index in [0.717, 1.165) is 12.8 Å². The molecule has 2 aromatic carbocycles. The van der Waals surface area contributed by atoms with Gasteiger partial charge in [-0.1, -0.05) is 30.3 Å². The third-order valence-electron chi connectivity index (χ3n) is 5.40. The number of nitrogens with one attached hydrogen (secondary N) is 1. The van der Waals surface area contributed by atoms with Crippen LogP contribution in [0.2, 0.25) is 0 Å². The highest BCUT2D eigenvalue weighted by atomic mass is 16.6. The van der Waals surface area contributed by atoms with Gasteiger partial charge in [-0.05, 0) is 63.4 Å². The summed E-state index contributed by atoms with van der Waals surface area (Å²) < 4.78 is 5.23. The van der Waals surface area contributed by atoms with Crippen molar-refractivity contribution in [2.75, 3.05) is 31.5 Å². The molecule has 0 saturated carbocycles. The van der Waals surface area contributed by atoms with Gasteiger partial charge in [-0.25, -0.2) is 4.79 Å². The summed E-state index contributed by atoms with van der Waals surface area (Å²) in [7, 11) is 0. The predicted octanol–water partition coefficient (Wildman–Crippen LogP) is 4.34. The molecule has 1 fully saturated rings. The number of rotatable bonds is 6. The highest BCUT2D eigenvalue weighted by molar-refractivity contribution is 5.95. The van der Waals surface area contributed by atoms with Crippen LogP contribution in [0.15, 0.2) is 54.6 Å². The summed E-state index contributed by atoms with van der Waals surface area (Å²) in [5, 5.41) is 2.66. The van der Waals surface area contributed by atoms with Crippen LogP contribution >= 0.6 is 0 Å². The molecule has 7 heteroatoms. The highest BCUT2D eigenvalue weighted by Gasteiger charge is 2.24. The standard InChI is InChI=1S/C26H33N3O4/c1-26(2,3)33-25(32)27-22-14-12-21(13-15-22)24(31)29-18-16-28(17-19-29)23(30)11-7-10-20-8-5-4-6-9-20/h4-6,8-9,12-15H,7,10-11,16-19H2,1-3H3,(H,27,32). The largest absolute Gasteiger partial charge is 0.444 e. The minimum Gasteiger partial charge on any atom is -0.444 e. The van der Waals surface area contributed by atoms with E-state index >= 15 is 0 Å². The average Bonchev–Trinajstić information content (AvgIpc) is 2.78. The molecule has 0 aromatic heterocycles. The summed E-state index contributed by atoms with van der Waals surface area (Å²) in [6, 6.07) is 16.9. The molecule has 0 unspecified atom stereocenters. The Balaban J connectivity index is 1.43. The molecule has 3 rings (SSSR count). The van der Waals surface area contributed by atoms with Gasteiger partial charge in [0, 0.05) is 43.9 Å². The maximum absolute atomic E-state index is 12.8. The zero-order valence-electron chi connectivity index (χ0n) is 19.7. The number of carbonyl (C=O) groups excluding carboxylic acids is 3. The Kier molecular flexibility index (Phi) is 8.09. The lowest BCUT2D eigenvalue weighted by molar-refractivity contribution is -0.132. The second-order valence-corrected chi connectivity index (χ2v) is 9.22. The van der Waals surface area contributed by atoms with Gasteiger partial charge >= 0.3 is 6.09 Å².